The van der Waals surface area contributed by atoms with E-state index < -0.39 is 24.0 Å². The predicted octanol–water partition coefficient (Wildman–Crippen LogP) is -0.00848. The fourth-order valence-corrected chi connectivity index (χ4v) is 1.91. The van der Waals surface area contributed by atoms with Gasteiger partial charge in [0.1, 0.15) is 24.0 Å². The van der Waals surface area contributed by atoms with Gasteiger partial charge in [0, 0.05) is 14.1 Å². The molecule has 0 bridgehead atoms. The van der Waals surface area contributed by atoms with Crippen LogP contribution in [0.25, 0.3) is 11.1 Å². The molecule has 0 aliphatic carbocycles. The number of carbonyl (C=O) groups is 2. The third-order valence-corrected chi connectivity index (χ3v) is 2.88. The average molecular weight is 279 g/mol. The first-order valence-electron chi connectivity index (χ1n) is 5.75. The summed E-state index contributed by atoms with van der Waals surface area (Å²) in [6.45, 7) is 1.06. The lowest BCUT2D eigenvalue weighted by molar-refractivity contribution is -0.137. The number of nitrogens with zero attached hydrogens (tertiary/aromatic N) is 3. The molecule has 0 aliphatic heterocycles. The standard InChI is InChI=1S/C12H13N3O5/c1-6-8(11(18)14(2)4-7(16)17)9-10(20-6)13-5-15(3)12(9)19/h5H,4H2,1-3H3,(H,16,17). The Kier molecular flexibility index (Phi) is 3.31. The Hall–Kier alpha value is -2.64. The van der Waals surface area contributed by atoms with Crippen LogP contribution in [0.5, 0.6) is 0 Å². The van der Waals surface area contributed by atoms with Crippen molar-refractivity contribution in [2.45, 2.75) is 6.92 Å². The van der Waals surface area contributed by atoms with E-state index in [4.69, 9.17) is 9.52 Å². The quantitative estimate of drug-likeness (QED) is 0.847. The third kappa shape index (κ3) is 2.15. The fraction of sp³-hybridized carbons (Fsp3) is 0.333. The van der Waals surface area contributed by atoms with Crippen molar-refractivity contribution in [3.05, 3.63) is 28.0 Å². The van der Waals surface area contributed by atoms with Gasteiger partial charge in [-0.25, -0.2) is 4.98 Å². The van der Waals surface area contributed by atoms with Crippen molar-refractivity contribution >= 4 is 23.0 Å². The van der Waals surface area contributed by atoms with Crippen molar-refractivity contribution in [2.24, 2.45) is 7.05 Å². The molecule has 0 saturated heterocycles. The molecule has 8 nitrogen and oxygen atoms in total. The van der Waals surface area contributed by atoms with Crippen LogP contribution in [0, 0.1) is 6.92 Å². The molecule has 0 fully saturated rings. The lowest BCUT2D eigenvalue weighted by Gasteiger charge is -2.13. The van der Waals surface area contributed by atoms with Crippen molar-refractivity contribution in [3.63, 3.8) is 0 Å². The molecule has 0 aliphatic rings. The van der Waals surface area contributed by atoms with Crippen LogP contribution in [0.2, 0.25) is 0 Å². The molecular formula is C12H13N3O5. The lowest BCUT2D eigenvalue weighted by atomic mass is 10.1. The number of aliphatic carboxylic acids is 1. The summed E-state index contributed by atoms with van der Waals surface area (Å²) in [6, 6.07) is 0. The number of carbonyl (C=O) groups excluding carboxylic acids is 1. The zero-order chi connectivity index (χ0) is 15.0. The molecule has 106 valence electrons. The van der Waals surface area contributed by atoms with Crippen molar-refractivity contribution in [1.29, 1.82) is 0 Å². The Morgan fingerprint density at radius 2 is 2.15 bits per heavy atom. The summed E-state index contributed by atoms with van der Waals surface area (Å²) in [6.07, 6.45) is 1.29. The van der Waals surface area contributed by atoms with E-state index in [2.05, 4.69) is 4.98 Å². The second kappa shape index (κ2) is 4.80. The van der Waals surface area contributed by atoms with Crippen LogP contribution in [-0.4, -0.2) is 45.0 Å². The first-order valence-corrected chi connectivity index (χ1v) is 5.75. The van der Waals surface area contributed by atoms with E-state index in [1.807, 2.05) is 0 Å². The molecule has 0 unspecified atom stereocenters. The molecule has 0 atom stereocenters. The molecule has 0 aromatic carbocycles. The maximum absolute atomic E-state index is 12.3. The van der Waals surface area contributed by atoms with Crippen LogP contribution in [0.4, 0.5) is 0 Å². The highest BCUT2D eigenvalue weighted by molar-refractivity contribution is 6.06. The van der Waals surface area contributed by atoms with E-state index in [1.54, 1.807) is 0 Å². The van der Waals surface area contributed by atoms with Crippen molar-refractivity contribution in [2.75, 3.05) is 13.6 Å². The molecule has 1 amide bonds. The van der Waals surface area contributed by atoms with Crippen LogP contribution in [0.3, 0.4) is 0 Å². The van der Waals surface area contributed by atoms with E-state index in [1.165, 1.54) is 31.9 Å². The third-order valence-electron chi connectivity index (χ3n) is 2.88. The van der Waals surface area contributed by atoms with Gasteiger partial charge in [-0.2, -0.15) is 0 Å². The van der Waals surface area contributed by atoms with E-state index in [9.17, 15) is 14.4 Å². The number of carboxylic acid groups (broad SMARTS) is 1. The number of amides is 1. The summed E-state index contributed by atoms with van der Waals surface area (Å²) in [7, 11) is 2.85. The van der Waals surface area contributed by atoms with Crippen LogP contribution < -0.4 is 5.56 Å². The number of aromatic nitrogens is 2. The molecule has 8 heteroatoms. The van der Waals surface area contributed by atoms with E-state index >= 15 is 0 Å². The normalized spacial score (nSPS) is 10.8. The summed E-state index contributed by atoms with van der Waals surface area (Å²) >= 11 is 0. The minimum atomic E-state index is -1.14. The number of likely N-dealkylation sites (N-methyl/N-ethyl adjacent to an activating group) is 1. The highest BCUT2D eigenvalue weighted by atomic mass is 16.4. The molecule has 2 aromatic rings. The van der Waals surface area contributed by atoms with Gasteiger partial charge in [0.2, 0.25) is 5.71 Å². The second-order valence-electron chi connectivity index (χ2n) is 4.43. The van der Waals surface area contributed by atoms with Gasteiger partial charge >= 0.3 is 5.97 Å². The number of aryl methyl sites for hydroxylation is 2. The first kappa shape index (κ1) is 13.8. The maximum atomic E-state index is 12.3. The second-order valence-corrected chi connectivity index (χ2v) is 4.43. The minimum absolute atomic E-state index is 0.0532. The molecule has 0 saturated carbocycles. The van der Waals surface area contributed by atoms with Crippen LogP contribution >= 0.6 is 0 Å². The zero-order valence-corrected chi connectivity index (χ0v) is 11.2. The highest BCUT2D eigenvalue weighted by Gasteiger charge is 2.25. The van der Waals surface area contributed by atoms with Crippen molar-refractivity contribution < 1.29 is 19.1 Å². The van der Waals surface area contributed by atoms with Gasteiger partial charge in [0.15, 0.2) is 0 Å². The molecule has 0 spiro atoms. The summed E-state index contributed by atoms with van der Waals surface area (Å²) in [5.74, 6) is -1.50. The van der Waals surface area contributed by atoms with Crippen molar-refractivity contribution in [3.8, 4) is 0 Å². The fourth-order valence-electron chi connectivity index (χ4n) is 1.91. The average Bonchev–Trinajstić information content (AvgIpc) is 2.69. The largest absolute Gasteiger partial charge is 0.480 e. The molecule has 2 aromatic heterocycles. The lowest BCUT2D eigenvalue weighted by Crippen LogP contribution is -2.33. The molecule has 2 rings (SSSR count). The molecule has 0 radical (unpaired) electrons. The van der Waals surface area contributed by atoms with E-state index in [-0.39, 0.29) is 22.4 Å². The van der Waals surface area contributed by atoms with Gasteiger partial charge in [0.25, 0.3) is 11.5 Å². The van der Waals surface area contributed by atoms with Gasteiger partial charge in [-0.1, -0.05) is 0 Å². The SMILES string of the molecule is Cc1oc2ncn(C)c(=O)c2c1C(=O)N(C)CC(=O)O. The number of furan rings is 1. The van der Waals surface area contributed by atoms with E-state index in [0.29, 0.717) is 0 Å². The summed E-state index contributed by atoms with van der Waals surface area (Å²) in [5, 5.41) is 8.78. The van der Waals surface area contributed by atoms with E-state index in [0.717, 1.165) is 4.90 Å². The van der Waals surface area contributed by atoms with Crippen LogP contribution in [-0.2, 0) is 11.8 Å². The van der Waals surface area contributed by atoms with Crippen LogP contribution in [0.15, 0.2) is 15.5 Å². The molecular weight excluding hydrogens is 266 g/mol. The Morgan fingerprint density at radius 1 is 1.50 bits per heavy atom. The van der Waals surface area contributed by atoms with Gasteiger partial charge in [-0.05, 0) is 6.92 Å². The predicted molar refractivity (Wildman–Crippen MR) is 68.6 cm³/mol. The molecule has 2 heterocycles. The van der Waals surface area contributed by atoms with Gasteiger partial charge in [-0.3, -0.25) is 14.4 Å². The number of hydrogen-bond donors (Lipinski definition) is 1. The Balaban J connectivity index is 2.62. The van der Waals surface area contributed by atoms with Crippen molar-refractivity contribution in [1.82, 2.24) is 14.5 Å². The Morgan fingerprint density at radius 3 is 2.75 bits per heavy atom. The molecule has 20 heavy (non-hydrogen) atoms. The number of hydrogen-bond acceptors (Lipinski definition) is 5. The number of rotatable bonds is 3. The van der Waals surface area contributed by atoms with Gasteiger partial charge in [0.05, 0.1) is 5.56 Å². The first-order chi connectivity index (χ1) is 9.32. The van der Waals surface area contributed by atoms with Crippen LogP contribution in [0.1, 0.15) is 16.1 Å². The zero-order valence-electron chi connectivity index (χ0n) is 11.2. The minimum Gasteiger partial charge on any atom is -0.480 e. The summed E-state index contributed by atoms with van der Waals surface area (Å²) < 4.78 is 6.52. The number of carboxylic acids is 1. The summed E-state index contributed by atoms with van der Waals surface area (Å²) in [4.78, 5) is 40.0. The number of fused-ring (bicyclic) bond motifs is 1. The summed E-state index contributed by atoms with van der Waals surface area (Å²) in [5.41, 5.74) is -0.297. The van der Waals surface area contributed by atoms with Gasteiger partial charge in [-0.15, -0.1) is 0 Å². The molecule has 1 N–H and O–H groups in total. The smallest absolute Gasteiger partial charge is 0.323 e. The maximum Gasteiger partial charge on any atom is 0.323 e. The monoisotopic (exact) mass is 279 g/mol. The highest BCUT2D eigenvalue weighted by Crippen LogP contribution is 2.21. The van der Waals surface area contributed by atoms with Gasteiger partial charge < -0.3 is 19.0 Å². The Labute approximate surface area is 113 Å². The Bertz CT molecular complexity index is 758. The topological polar surface area (TPSA) is 106 Å².